The minimum atomic E-state index is -0.0206. The second kappa shape index (κ2) is 5.80. The Morgan fingerprint density at radius 1 is 1.50 bits per heavy atom. The number of hydrogen-bond acceptors (Lipinski definition) is 4. The zero-order valence-corrected chi connectivity index (χ0v) is 12.1. The summed E-state index contributed by atoms with van der Waals surface area (Å²) in [5.74, 6) is 0.417. The predicted octanol–water partition coefficient (Wildman–Crippen LogP) is 2.09. The molecule has 0 bridgehead atoms. The van der Waals surface area contributed by atoms with E-state index >= 15 is 0 Å². The summed E-state index contributed by atoms with van der Waals surface area (Å²) in [4.78, 5) is 15.5. The molecular weight excluding hydrogens is 246 g/mol. The topological polar surface area (TPSA) is 45.2 Å². The van der Waals surface area contributed by atoms with Crippen molar-refractivity contribution < 1.29 is 4.79 Å². The molecule has 0 atom stereocenters. The van der Waals surface area contributed by atoms with Gasteiger partial charge in [0.1, 0.15) is 5.69 Å². The second-order valence-electron chi connectivity index (χ2n) is 5.32. The van der Waals surface area contributed by atoms with Crippen LogP contribution in [0.15, 0.2) is 6.07 Å². The Morgan fingerprint density at radius 2 is 2.17 bits per heavy atom. The molecule has 2 rings (SSSR count). The average Bonchev–Trinajstić information content (AvgIpc) is 2.81. The molecule has 0 radical (unpaired) electrons. The van der Waals surface area contributed by atoms with Crippen LogP contribution in [0.4, 0.5) is 0 Å². The zero-order chi connectivity index (χ0) is 13.1. The Labute approximate surface area is 113 Å². The molecule has 1 N–H and O–H groups in total. The summed E-state index contributed by atoms with van der Waals surface area (Å²) < 4.78 is 4.24. The maximum absolute atomic E-state index is 12.0. The lowest BCUT2D eigenvalue weighted by molar-refractivity contribution is 0.0913. The van der Waals surface area contributed by atoms with E-state index in [2.05, 4.69) is 35.5 Å². The minimum Gasteiger partial charge on any atom is -0.348 e. The van der Waals surface area contributed by atoms with Crippen molar-refractivity contribution in [3.05, 3.63) is 16.6 Å². The first-order valence-electron chi connectivity index (χ1n) is 6.52. The van der Waals surface area contributed by atoms with E-state index in [1.54, 1.807) is 0 Å². The molecule has 1 aliphatic heterocycles. The molecular formula is C13H21N3OS. The van der Waals surface area contributed by atoms with Crippen LogP contribution in [0, 0.1) is 0 Å². The Hall–Kier alpha value is -0.940. The summed E-state index contributed by atoms with van der Waals surface area (Å²) in [5, 5.41) is 3.09. The van der Waals surface area contributed by atoms with Gasteiger partial charge in [-0.25, -0.2) is 0 Å². The van der Waals surface area contributed by atoms with Gasteiger partial charge in [-0.05, 0) is 56.5 Å². The fourth-order valence-corrected chi connectivity index (χ4v) is 2.80. The van der Waals surface area contributed by atoms with Crippen molar-refractivity contribution in [2.75, 3.05) is 20.1 Å². The van der Waals surface area contributed by atoms with Gasteiger partial charge in [0, 0.05) is 10.9 Å². The van der Waals surface area contributed by atoms with Crippen molar-refractivity contribution in [1.82, 2.24) is 14.6 Å². The highest BCUT2D eigenvalue weighted by Crippen LogP contribution is 2.20. The maximum Gasteiger partial charge on any atom is 0.271 e. The largest absolute Gasteiger partial charge is 0.348 e. The Bertz CT molecular complexity index is 408. The van der Waals surface area contributed by atoms with Crippen LogP contribution in [0.5, 0.6) is 0 Å². The van der Waals surface area contributed by atoms with Crippen LogP contribution < -0.4 is 5.32 Å². The normalized spacial score (nSPS) is 18.2. The van der Waals surface area contributed by atoms with Crippen molar-refractivity contribution in [3.63, 3.8) is 0 Å². The van der Waals surface area contributed by atoms with Crippen LogP contribution in [0.2, 0.25) is 0 Å². The average molecular weight is 267 g/mol. The third-order valence-corrected chi connectivity index (χ3v) is 4.47. The van der Waals surface area contributed by atoms with Crippen molar-refractivity contribution in [2.24, 2.45) is 0 Å². The summed E-state index contributed by atoms with van der Waals surface area (Å²) >= 11 is 1.43. The van der Waals surface area contributed by atoms with Crippen LogP contribution in [0.25, 0.3) is 0 Å². The molecule has 0 aliphatic carbocycles. The molecule has 1 fully saturated rings. The maximum atomic E-state index is 12.0. The van der Waals surface area contributed by atoms with Gasteiger partial charge in [0.2, 0.25) is 0 Å². The standard InChI is InChI=1S/C13H21N3OS/c1-9(2)12-8-11(15-18-12)13(17)14-10-4-6-16(3)7-5-10/h8-10H,4-7H2,1-3H3,(H,14,17). The van der Waals surface area contributed by atoms with Gasteiger partial charge >= 0.3 is 0 Å². The summed E-state index contributed by atoms with van der Waals surface area (Å²) in [7, 11) is 2.12. The third-order valence-electron chi connectivity index (χ3n) is 3.38. The highest BCUT2D eigenvalue weighted by Gasteiger charge is 2.20. The number of carbonyl (C=O) groups is 1. The van der Waals surface area contributed by atoms with Gasteiger partial charge in [-0.2, -0.15) is 4.37 Å². The number of piperidine rings is 1. The minimum absolute atomic E-state index is 0.0206. The van der Waals surface area contributed by atoms with E-state index in [1.807, 2.05) is 6.07 Å². The van der Waals surface area contributed by atoms with Gasteiger partial charge in [-0.15, -0.1) is 0 Å². The van der Waals surface area contributed by atoms with Crippen LogP contribution in [-0.2, 0) is 0 Å². The van der Waals surface area contributed by atoms with E-state index in [9.17, 15) is 4.79 Å². The van der Waals surface area contributed by atoms with E-state index in [0.717, 1.165) is 25.9 Å². The first kappa shape index (κ1) is 13.5. The second-order valence-corrected chi connectivity index (χ2v) is 6.16. The van der Waals surface area contributed by atoms with Crippen molar-refractivity contribution >= 4 is 17.4 Å². The molecule has 0 unspecified atom stereocenters. The number of rotatable bonds is 3. The van der Waals surface area contributed by atoms with E-state index in [1.165, 1.54) is 16.4 Å². The van der Waals surface area contributed by atoms with Crippen molar-refractivity contribution in [2.45, 2.75) is 38.6 Å². The summed E-state index contributed by atoms with van der Waals surface area (Å²) in [6, 6.07) is 2.22. The lowest BCUT2D eigenvalue weighted by Gasteiger charge is -2.29. The smallest absolute Gasteiger partial charge is 0.271 e. The first-order valence-corrected chi connectivity index (χ1v) is 7.29. The van der Waals surface area contributed by atoms with Crippen LogP contribution in [0.1, 0.15) is 48.0 Å². The van der Waals surface area contributed by atoms with Crippen LogP contribution in [-0.4, -0.2) is 41.4 Å². The number of hydrogen-bond donors (Lipinski definition) is 1. The predicted molar refractivity (Wildman–Crippen MR) is 74.2 cm³/mol. The highest BCUT2D eigenvalue weighted by atomic mass is 32.1. The molecule has 2 heterocycles. The molecule has 1 aromatic heterocycles. The molecule has 0 spiro atoms. The Kier molecular flexibility index (Phi) is 4.35. The molecule has 1 aliphatic rings. The number of amides is 1. The fourth-order valence-electron chi connectivity index (χ4n) is 2.08. The third kappa shape index (κ3) is 3.29. The molecule has 0 aromatic carbocycles. The summed E-state index contributed by atoms with van der Waals surface area (Å²) in [6.45, 7) is 6.34. The molecule has 4 nitrogen and oxygen atoms in total. The van der Waals surface area contributed by atoms with Crippen molar-refractivity contribution in [1.29, 1.82) is 0 Å². The van der Waals surface area contributed by atoms with E-state index < -0.39 is 0 Å². The number of nitrogens with one attached hydrogen (secondary N) is 1. The lowest BCUT2D eigenvalue weighted by atomic mass is 10.1. The Morgan fingerprint density at radius 3 is 2.72 bits per heavy atom. The molecule has 1 amide bonds. The van der Waals surface area contributed by atoms with Gasteiger partial charge in [0.15, 0.2) is 0 Å². The Balaban J connectivity index is 1.91. The van der Waals surface area contributed by atoms with Gasteiger partial charge in [0.25, 0.3) is 5.91 Å². The van der Waals surface area contributed by atoms with Gasteiger partial charge in [0.05, 0.1) is 0 Å². The highest BCUT2D eigenvalue weighted by molar-refractivity contribution is 7.06. The monoisotopic (exact) mass is 267 g/mol. The van der Waals surface area contributed by atoms with Gasteiger partial charge < -0.3 is 10.2 Å². The van der Waals surface area contributed by atoms with Crippen LogP contribution in [0.3, 0.4) is 0 Å². The quantitative estimate of drug-likeness (QED) is 0.912. The lowest BCUT2D eigenvalue weighted by Crippen LogP contribution is -2.43. The number of aromatic nitrogens is 1. The summed E-state index contributed by atoms with van der Waals surface area (Å²) in [6.07, 6.45) is 2.06. The van der Waals surface area contributed by atoms with E-state index in [0.29, 0.717) is 17.7 Å². The van der Waals surface area contributed by atoms with Gasteiger partial charge in [-0.3, -0.25) is 4.79 Å². The molecule has 18 heavy (non-hydrogen) atoms. The van der Waals surface area contributed by atoms with E-state index in [-0.39, 0.29) is 5.91 Å². The molecule has 1 saturated heterocycles. The fraction of sp³-hybridized carbons (Fsp3) is 0.692. The van der Waals surface area contributed by atoms with Gasteiger partial charge in [-0.1, -0.05) is 13.8 Å². The number of carbonyl (C=O) groups excluding carboxylic acids is 1. The van der Waals surface area contributed by atoms with Crippen molar-refractivity contribution in [3.8, 4) is 0 Å². The molecule has 1 aromatic rings. The van der Waals surface area contributed by atoms with E-state index in [4.69, 9.17) is 0 Å². The number of nitrogens with zero attached hydrogens (tertiary/aromatic N) is 2. The first-order chi connectivity index (χ1) is 8.56. The zero-order valence-electron chi connectivity index (χ0n) is 11.3. The molecule has 100 valence electrons. The summed E-state index contributed by atoms with van der Waals surface area (Å²) in [5.41, 5.74) is 0.572. The molecule has 5 heteroatoms. The van der Waals surface area contributed by atoms with Crippen LogP contribution >= 0.6 is 11.5 Å². The SMILES string of the molecule is CC(C)c1cc(C(=O)NC2CCN(C)CC2)ns1. The molecule has 0 saturated carbocycles. The number of likely N-dealkylation sites (tertiary alicyclic amines) is 1.